The molecule has 1 aromatic carbocycles. The molecule has 76 valence electrons. The Hall–Kier alpha value is -1.31. The van der Waals surface area contributed by atoms with Gasteiger partial charge < -0.3 is 5.11 Å². The summed E-state index contributed by atoms with van der Waals surface area (Å²) in [5.74, 6) is -0.779. The van der Waals surface area contributed by atoms with Crippen LogP contribution in [0.2, 0.25) is 0 Å². The molecule has 14 heavy (non-hydrogen) atoms. The Labute approximate surface area is 84.6 Å². The molecule has 0 bridgehead atoms. The molecule has 0 saturated carbocycles. The van der Waals surface area contributed by atoms with Gasteiger partial charge >= 0.3 is 5.97 Å². The number of carboxylic acid groups (broad SMARTS) is 1. The first-order valence-electron chi connectivity index (χ1n) is 4.82. The van der Waals surface area contributed by atoms with Gasteiger partial charge in [0.1, 0.15) is 0 Å². The van der Waals surface area contributed by atoms with E-state index in [0.717, 1.165) is 17.5 Å². The van der Waals surface area contributed by atoms with Crippen molar-refractivity contribution < 1.29 is 9.90 Å². The quantitative estimate of drug-likeness (QED) is 0.799. The van der Waals surface area contributed by atoms with Crippen LogP contribution in [0.15, 0.2) is 24.3 Å². The minimum Gasteiger partial charge on any atom is -0.481 e. The molecule has 1 N–H and O–H groups in total. The smallest absolute Gasteiger partial charge is 0.313 e. The molecule has 0 heterocycles. The van der Waals surface area contributed by atoms with Crippen LogP contribution in [0.25, 0.3) is 0 Å². The molecule has 0 aliphatic rings. The molecule has 0 amide bonds. The molecule has 0 saturated heterocycles. The van der Waals surface area contributed by atoms with Crippen LogP contribution in [0, 0.1) is 0 Å². The van der Waals surface area contributed by atoms with Crippen molar-refractivity contribution in [2.24, 2.45) is 0 Å². The number of carboxylic acids is 1. The molecule has 2 heteroatoms. The van der Waals surface area contributed by atoms with Gasteiger partial charge in [-0.3, -0.25) is 4.79 Å². The first-order chi connectivity index (χ1) is 6.50. The lowest BCUT2D eigenvalue weighted by Gasteiger charge is -2.22. The Morgan fingerprint density at radius 1 is 1.36 bits per heavy atom. The molecule has 0 spiro atoms. The zero-order valence-electron chi connectivity index (χ0n) is 8.87. The lowest BCUT2D eigenvalue weighted by atomic mass is 9.81. The normalized spacial score (nSPS) is 11.4. The number of aliphatic carboxylic acids is 1. The highest BCUT2D eigenvalue weighted by molar-refractivity contribution is 5.80. The molecular weight excluding hydrogens is 176 g/mol. The van der Waals surface area contributed by atoms with Crippen molar-refractivity contribution in [1.82, 2.24) is 0 Å². The molecule has 0 aliphatic heterocycles. The van der Waals surface area contributed by atoms with Crippen molar-refractivity contribution in [3.8, 4) is 0 Å². The van der Waals surface area contributed by atoms with E-state index in [2.05, 4.69) is 0 Å². The van der Waals surface area contributed by atoms with E-state index in [1.165, 1.54) is 0 Å². The lowest BCUT2D eigenvalue weighted by molar-refractivity contribution is -0.142. The predicted molar refractivity (Wildman–Crippen MR) is 56.5 cm³/mol. The van der Waals surface area contributed by atoms with Gasteiger partial charge in [0.25, 0.3) is 0 Å². The topological polar surface area (TPSA) is 37.3 Å². The van der Waals surface area contributed by atoms with Crippen LogP contribution in [0.4, 0.5) is 0 Å². The van der Waals surface area contributed by atoms with E-state index in [4.69, 9.17) is 5.11 Å². The summed E-state index contributed by atoms with van der Waals surface area (Å²) in [4.78, 5) is 11.1. The average molecular weight is 192 g/mol. The van der Waals surface area contributed by atoms with Crippen LogP contribution in [0.3, 0.4) is 0 Å². The second kappa shape index (κ2) is 3.82. The first kappa shape index (κ1) is 10.8. The molecular formula is C12H16O2. The van der Waals surface area contributed by atoms with Crippen LogP contribution in [0.5, 0.6) is 0 Å². The fraction of sp³-hybridized carbons (Fsp3) is 0.417. The van der Waals surface area contributed by atoms with Crippen LogP contribution in [0.1, 0.15) is 31.9 Å². The van der Waals surface area contributed by atoms with E-state index >= 15 is 0 Å². The van der Waals surface area contributed by atoms with Crippen molar-refractivity contribution in [3.05, 3.63) is 35.4 Å². The average Bonchev–Trinajstić information content (AvgIpc) is 2.17. The lowest BCUT2D eigenvalue weighted by Crippen LogP contribution is -2.29. The Morgan fingerprint density at radius 3 is 2.43 bits per heavy atom. The predicted octanol–water partition coefficient (Wildman–Crippen LogP) is 2.61. The number of aryl methyl sites for hydroxylation is 1. The summed E-state index contributed by atoms with van der Waals surface area (Å²) in [7, 11) is 0. The second-order valence-electron chi connectivity index (χ2n) is 3.94. The van der Waals surface area contributed by atoms with Gasteiger partial charge in [-0.15, -0.1) is 0 Å². The maximum atomic E-state index is 11.1. The minimum atomic E-state index is -0.799. The SMILES string of the molecule is CCc1ccccc1C(C)(C)C(=O)O. The Bertz CT molecular complexity index is 340. The second-order valence-corrected chi connectivity index (χ2v) is 3.94. The number of rotatable bonds is 3. The minimum absolute atomic E-state index is 0.779. The summed E-state index contributed by atoms with van der Waals surface area (Å²) >= 11 is 0. The van der Waals surface area contributed by atoms with Gasteiger partial charge in [0.15, 0.2) is 0 Å². The maximum Gasteiger partial charge on any atom is 0.313 e. The third-order valence-corrected chi connectivity index (χ3v) is 2.61. The van der Waals surface area contributed by atoms with E-state index in [1.54, 1.807) is 13.8 Å². The summed E-state index contributed by atoms with van der Waals surface area (Å²) in [6.45, 7) is 5.52. The third kappa shape index (κ3) is 1.79. The third-order valence-electron chi connectivity index (χ3n) is 2.61. The van der Waals surface area contributed by atoms with Gasteiger partial charge in [-0.1, -0.05) is 31.2 Å². The Kier molecular flexibility index (Phi) is 2.94. The largest absolute Gasteiger partial charge is 0.481 e. The zero-order valence-corrected chi connectivity index (χ0v) is 8.87. The Morgan fingerprint density at radius 2 is 1.93 bits per heavy atom. The summed E-state index contributed by atoms with van der Waals surface area (Å²) in [5, 5.41) is 9.11. The number of hydrogen-bond donors (Lipinski definition) is 1. The summed E-state index contributed by atoms with van der Waals surface area (Å²) in [6.07, 6.45) is 0.868. The molecule has 1 rings (SSSR count). The molecule has 2 nitrogen and oxygen atoms in total. The van der Waals surface area contributed by atoms with Crippen molar-refractivity contribution in [2.45, 2.75) is 32.6 Å². The van der Waals surface area contributed by atoms with Crippen LogP contribution < -0.4 is 0 Å². The van der Waals surface area contributed by atoms with Gasteiger partial charge in [0.05, 0.1) is 5.41 Å². The molecule has 0 atom stereocenters. The maximum absolute atomic E-state index is 11.1. The number of benzene rings is 1. The summed E-state index contributed by atoms with van der Waals surface area (Å²) < 4.78 is 0. The highest BCUT2D eigenvalue weighted by Gasteiger charge is 2.30. The highest BCUT2D eigenvalue weighted by Crippen LogP contribution is 2.26. The van der Waals surface area contributed by atoms with Gasteiger partial charge in [-0.2, -0.15) is 0 Å². The molecule has 0 fully saturated rings. The van der Waals surface area contributed by atoms with E-state index < -0.39 is 11.4 Å². The van der Waals surface area contributed by atoms with Crippen LogP contribution >= 0.6 is 0 Å². The van der Waals surface area contributed by atoms with Crippen LogP contribution in [-0.4, -0.2) is 11.1 Å². The van der Waals surface area contributed by atoms with Crippen molar-refractivity contribution in [3.63, 3.8) is 0 Å². The first-order valence-corrected chi connectivity index (χ1v) is 4.82. The Balaban J connectivity index is 3.24. The zero-order chi connectivity index (χ0) is 10.8. The van der Waals surface area contributed by atoms with Gasteiger partial charge in [0.2, 0.25) is 0 Å². The standard InChI is InChI=1S/C12H16O2/c1-4-9-7-5-6-8-10(9)12(2,3)11(13)14/h5-8H,4H2,1-3H3,(H,13,14). The summed E-state index contributed by atoms with van der Waals surface area (Å²) in [6, 6.07) is 7.71. The molecule has 1 aromatic rings. The van der Waals surface area contributed by atoms with Crippen molar-refractivity contribution in [1.29, 1.82) is 0 Å². The monoisotopic (exact) mass is 192 g/mol. The van der Waals surface area contributed by atoms with Crippen molar-refractivity contribution in [2.75, 3.05) is 0 Å². The van der Waals surface area contributed by atoms with E-state index in [-0.39, 0.29) is 0 Å². The van der Waals surface area contributed by atoms with Gasteiger partial charge in [-0.05, 0) is 31.4 Å². The highest BCUT2D eigenvalue weighted by atomic mass is 16.4. The van der Waals surface area contributed by atoms with Gasteiger partial charge in [-0.25, -0.2) is 0 Å². The van der Waals surface area contributed by atoms with E-state index in [1.807, 2.05) is 31.2 Å². The molecule has 0 radical (unpaired) electrons. The number of carbonyl (C=O) groups is 1. The number of hydrogen-bond acceptors (Lipinski definition) is 1. The molecule has 0 aromatic heterocycles. The molecule has 0 unspecified atom stereocenters. The van der Waals surface area contributed by atoms with E-state index in [9.17, 15) is 4.79 Å². The fourth-order valence-electron chi connectivity index (χ4n) is 1.55. The fourth-order valence-corrected chi connectivity index (χ4v) is 1.55. The molecule has 0 aliphatic carbocycles. The van der Waals surface area contributed by atoms with E-state index in [0.29, 0.717) is 0 Å². The van der Waals surface area contributed by atoms with Gasteiger partial charge in [0, 0.05) is 0 Å². The summed E-state index contributed by atoms with van der Waals surface area (Å²) in [5.41, 5.74) is 1.22. The van der Waals surface area contributed by atoms with Crippen molar-refractivity contribution >= 4 is 5.97 Å². The van der Waals surface area contributed by atoms with Crippen LogP contribution in [-0.2, 0) is 16.6 Å².